The first-order valence-corrected chi connectivity index (χ1v) is 9.66. The summed E-state index contributed by atoms with van der Waals surface area (Å²) >= 11 is 1.47. The Hall–Kier alpha value is -3.41. The summed E-state index contributed by atoms with van der Waals surface area (Å²) in [6.07, 6.45) is 0. The maximum absolute atomic E-state index is 11.6. The van der Waals surface area contributed by atoms with Crippen molar-refractivity contribution in [3.8, 4) is 23.3 Å². The SMILES string of the molecule is CC(=O)c1cc(C#N)c(SCc2ccc(-c3ccccc3C#N)cc2)nc1C. The number of hydrogen-bond acceptors (Lipinski definition) is 5. The Balaban J connectivity index is 1.79. The molecule has 0 atom stereocenters. The zero-order chi connectivity index (χ0) is 20.1. The Bertz CT molecular complexity index is 1120. The number of nitriles is 2. The molecule has 136 valence electrons. The molecule has 0 fully saturated rings. The predicted octanol–water partition coefficient (Wildman–Crippen LogP) is 5.30. The van der Waals surface area contributed by atoms with Gasteiger partial charge in [-0.05, 0) is 42.7 Å². The quantitative estimate of drug-likeness (QED) is 0.441. The monoisotopic (exact) mass is 383 g/mol. The number of carbonyl (C=O) groups excluding carboxylic acids is 1. The molecule has 5 heteroatoms. The van der Waals surface area contributed by atoms with Crippen LogP contribution in [0.25, 0.3) is 11.1 Å². The summed E-state index contributed by atoms with van der Waals surface area (Å²) in [7, 11) is 0. The summed E-state index contributed by atoms with van der Waals surface area (Å²) in [4.78, 5) is 16.1. The molecule has 28 heavy (non-hydrogen) atoms. The Morgan fingerprint density at radius 3 is 2.36 bits per heavy atom. The third-order valence-electron chi connectivity index (χ3n) is 4.37. The van der Waals surface area contributed by atoms with E-state index in [0.717, 1.165) is 16.7 Å². The van der Waals surface area contributed by atoms with E-state index in [0.29, 0.717) is 33.2 Å². The van der Waals surface area contributed by atoms with Gasteiger partial charge in [0.15, 0.2) is 5.78 Å². The third-order valence-corrected chi connectivity index (χ3v) is 5.43. The molecular weight excluding hydrogens is 366 g/mol. The molecule has 0 aliphatic heterocycles. The maximum Gasteiger partial charge on any atom is 0.161 e. The number of carbonyl (C=O) groups is 1. The molecule has 4 nitrogen and oxygen atoms in total. The average molecular weight is 383 g/mol. The molecule has 0 bridgehead atoms. The molecular formula is C23H17N3OS. The van der Waals surface area contributed by atoms with Crippen LogP contribution in [-0.2, 0) is 5.75 Å². The molecule has 3 rings (SSSR count). The van der Waals surface area contributed by atoms with Crippen LogP contribution in [0.1, 0.15) is 39.7 Å². The second-order valence-corrected chi connectivity index (χ2v) is 7.25. The fourth-order valence-corrected chi connectivity index (χ4v) is 3.85. The normalized spacial score (nSPS) is 10.1. The van der Waals surface area contributed by atoms with Crippen LogP contribution in [0.15, 0.2) is 59.6 Å². The van der Waals surface area contributed by atoms with Gasteiger partial charge < -0.3 is 0 Å². The highest BCUT2D eigenvalue weighted by atomic mass is 32.2. The van der Waals surface area contributed by atoms with E-state index in [-0.39, 0.29) is 5.78 Å². The highest BCUT2D eigenvalue weighted by Gasteiger charge is 2.13. The number of nitrogens with zero attached hydrogens (tertiary/aromatic N) is 3. The van der Waals surface area contributed by atoms with Crippen LogP contribution in [0, 0.1) is 29.6 Å². The van der Waals surface area contributed by atoms with Gasteiger partial charge in [0.2, 0.25) is 0 Å². The Labute approximate surface area is 168 Å². The summed E-state index contributed by atoms with van der Waals surface area (Å²) in [5.74, 6) is 0.562. The van der Waals surface area contributed by atoms with Gasteiger partial charge in [-0.1, -0.05) is 42.5 Å². The molecule has 0 N–H and O–H groups in total. The largest absolute Gasteiger partial charge is 0.294 e. The van der Waals surface area contributed by atoms with Gasteiger partial charge in [0.25, 0.3) is 0 Å². The minimum Gasteiger partial charge on any atom is -0.294 e. The van der Waals surface area contributed by atoms with Crippen molar-refractivity contribution in [2.75, 3.05) is 0 Å². The fraction of sp³-hybridized carbons (Fsp3) is 0.130. The van der Waals surface area contributed by atoms with Crippen LogP contribution in [-0.4, -0.2) is 10.8 Å². The van der Waals surface area contributed by atoms with Gasteiger partial charge in [-0.15, -0.1) is 11.8 Å². The average Bonchev–Trinajstić information content (AvgIpc) is 2.72. The Kier molecular flexibility index (Phi) is 5.89. The van der Waals surface area contributed by atoms with E-state index in [9.17, 15) is 15.3 Å². The lowest BCUT2D eigenvalue weighted by Crippen LogP contribution is -2.02. The first-order chi connectivity index (χ1) is 13.5. The molecule has 0 unspecified atom stereocenters. The van der Waals surface area contributed by atoms with Gasteiger partial charge in [0.05, 0.1) is 17.2 Å². The van der Waals surface area contributed by atoms with Gasteiger partial charge in [0.1, 0.15) is 11.1 Å². The van der Waals surface area contributed by atoms with Crippen molar-refractivity contribution in [3.05, 3.63) is 82.5 Å². The fourth-order valence-electron chi connectivity index (χ4n) is 2.89. The van der Waals surface area contributed by atoms with Crippen LogP contribution < -0.4 is 0 Å². The first-order valence-electron chi connectivity index (χ1n) is 8.67. The van der Waals surface area contributed by atoms with Crippen molar-refractivity contribution >= 4 is 17.5 Å². The van der Waals surface area contributed by atoms with Crippen LogP contribution in [0.5, 0.6) is 0 Å². The van der Waals surface area contributed by atoms with E-state index in [1.54, 1.807) is 19.1 Å². The molecule has 3 aromatic rings. The lowest BCUT2D eigenvalue weighted by Gasteiger charge is -2.09. The molecule has 2 aromatic carbocycles. The van der Waals surface area contributed by atoms with Crippen molar-refractivity contribution in [2.24, 2.45) is 0 Å². The smallest absolute Gasteiger partial charge is 0.161 e. The minimum atomic E-state index is -0.0914. The summed E-state index contributed by atoms with van der Waals surface area (Å²) in [6.45, 7) is 3.26. The highest BCUT2D eigenvalue weighted by molar-refractivity contribution is 7.98. The van der Waals surface area contributed by atoms with Gasteiger partial charge in [0, 0.05) is 17.0 Å². The molecule has 0 radical (unpaired) electrons. The first kappa shape index (κ1) is 19.4. The van der Waals surface area contributed by atoms with Gasteiger partial charge in [-0.3, -0.25) is 4.79 Å². The van der Waals surface area contributed by atoms with E-state index < -0.39 is 0 Å². The molecule has 0 saturated carbocycles. The zero-order valence-corrected chi connectivity index (χ0v) is 16.4. The van der Waals surface area contributed by atoms with E-state index in [2.05, 4.69) is 17.1 Å². The number of pyridine rings is 1. The highest BCUT2D eigenvalue weighted by Crippen LogP contribution is 2.28. The van der Waals surface area contributed by atoms with Crippen molar-refractivity contribution in [1.29, 1.82) is 10.5 Å². The number of benzene rings is 2. The molecule has 0 amide bonds. The van der Waals surface area contributed by atoms with Crippen LogP contribution >= 0.6 is 11.8 Å². The number of Topliss-reactive ketones (excluding diaryl/α,β-unsaturated/α-hetero) is 1. The van der Waals surface area contributed by atoms with Crippen molar-refractivity contribution in [2.45, 2.75) is 24.6 Å². The van der Waals surface area contributed by atoms with E-state index in [4.69, 9.17) is 0 Å². The van der Waals surface area contributed by atoms with E-state index in [1.807, 2.05) is 42.5 Å². The number of ketones is 1. The summed E-state index contributed by atoms with van der Waals surface area (Å²) in [6, 6.07) is 21.5. The number of aryl methyl sites for hydroxylation is 1. The van der Waals surface area contributed by atoms with Crippen molar-refractivity contribution < 1.29 is 4.79 Å². The van der Waals surface area contributed by atoms with E-state index in [1.165, 1.54) is 18.7 Å². The lowest BCUT2D eigenvalue weighted by molar-refractivity contribution is 0.101. The van der Waals surface area contributed by atoms with Gasteiger partial charge >= 0.3 is 0 Å². The Morgan fingerprint density at radius 1 is 1.04 bits per heavy atom. The molecule has 0 spiro atoms. The third kappa shape index (κ3) is 4.11. The number of rotatable bonds is 5. The molecule has 1 aromatic heterocycles. The van der Waals surface area contributed by atoms with Crippen molar-refractivity contribution in [1.82, 2.24) is 4.98 Å². The lowest BCUT2D eigenvalue weighted by atomic mass is 10.00. The molecule has 0 saturated heterocycles. The summed E-state index contributed by atoms with van der Waals surface area (Å²) in [5, 5.41) is 19.3. The minimum absolute atomic E-state index is 0.0914. The topological polar surface area (TPSA) is 77.5 Å². The predicted molar refractivity (Wildman–Crippen MR) is 110 cm³/mol. The van der Waals surface area contributed by atoms with Gasteiger partial charge in [-0.2, -0.15) is 10.5 Å². The van der Waals surface area contributed by atoms with Crippen LogP contribution in [0.2, 0.25) is 0 Å². The zero-order valence-electron chi connectivity index (χ0n) is 15.6. The molecule has 1 heterocycles. The molecule has 0 aliphatic rings. The van der Waals surface area contributed by atoms with Crippen molar-refractivity contribution in [3.63, 3.8) is 0 Å². The maximum atomic E-state index is 11.6. The van der Waals surface area contributed by atoms with E-state index >= 15 is 0 Å². The Morgan fingerprint density at radius 2 is 1.71 bits per heavy atom. The number of thioether (sulfide) groups is 1. The van der Waals surface area contributed by atoms with Crippen LogP contribution in [0.4, 0.5) is 0 Å². The second kappa shape index (κ2) is 8.52. The summed E-state index contributed by atoms with van der Waals surface area (Å²) in [5.41, 5.74) is 5.17. The van der Waals surface area contributed by atoms with Crippen LogP contribution in [0.3, 0.4) is 0 Å². The summed E-state index contributed by atoms with van der Waals surface area (Å²) < 4.78 is 0. The second-order valence-electron chi connectivity index (χ2n) is 6.29. The number of aromatic nitrogens is 1. The molecule has 0 aliphatic carbocycles. The number of hydrogen-bond donors (Lipinski definition) is 0. The van der Waals surface area contributed by atoms with Gasteiger partial charge in [-0.25, -0.2) is 4.98 Å². The standard InChI is InChI=1S/C23H17N3OS/c1-15-22(16(2)27)11-20(13-25)23(26-15)28-14-17-7-9-18(10-8-17)21-6-4-3-5-19(21)12-24/h3-11H,14H2,1-2H3.